The Balaban J connectivity index is 1.13. The second-order valence-corrected chi connectivity index (χ2v) is 11.7. The Labute approximate surface area is 276 Å². The van der Waals surface area contributed by atoms with Crippen molar-refractivity contribution >= 4 is 55.6 Å². The number of para-hydroxylation sites is 2. The number of allylic oxidation sites excluding steroid dienone is 5. The van der Waals surface area contributed by atoms with Gasteiger partial charge in [-0.15, -0.1) is 0 Å². The number of anilines is 5. The number of hydrogen-bond acceptors (Lipinski definition) is 2. The maximum atomic E-state index is 2.38. The molecule has 0 amide bonds. The van der Waals surface area contributed by atoms with Crippen molar-refractivity contribution in [3.8, 4) is 0 Å². The Bertz CT molecular complexity index is 2250. The first-order valence-electron chi connectivity index (χ1n) is 16.2. The maximum absolute atomic E-state index is 2.38. The molecule has 0 heterocycles. The lowest BCUT2D eigenvalue weighted by molar-refractivity contribution is 1.19. The third-order valence-electron chi connectivity index (χ3n) is 8.86. The summed E-state index contributed by atoms with van der Waals surface area (Å²) < 4.78 is 0. The van der Waals surface area contributed by atoms with Crippen LogP contribution in [0.1, 0.15) is 12.0 Å². The van der Waals surface area contributed by atoms with Crippen LogP contribution in [0.25, 0.3) is 27.1 Å². The van der Waals surface area contributed by atoms with E-state index < -0.39 is 0 Å². The van der Waals surface area contributed by atoms with Crippen molar-refractivity contribution < 1.29 is 0 Å². The average molecular weight is 603 g/mol. The molecule has 0 fully saturated rings. The molecule has 1 aliphatic carbocycles. The van der Waals surface area contributed by atoms with Crippen molar-refractivity contribution in [1.29, 1.82) is 0 Å². The van der Waals surface area contributed by atoms with Crippen LogP contribution in [0.4, 0.5) is 28.4 Å². The molecule has 2 heteroatoms. The Morgan fingerprint density at radius 3 is 1.47 bits per heavy atom. The lowest BCUT2D eigenvalue weighted by Gasteiger charge is -2.27. The van der Waals surface area contributed by atoms with E-state index in [-0.39, 0.29) is 0 Å². The highest BCUT2D eigenvalue weighted by Gasteiger charge is 2.18. The molecular weight excluding hydrogens is 569 g/mol. The minimum absolute atomic E-state index is 0.833. The van der Waals surface area contributed by atoms with Crippen molar-refractivity contribution in [1.82, 2.24) is 0 Å². The van der Waals surface area contributed by atoms with Crippen LogP contribution in [0.5, 0.6) is 0 Å². The monoisotopic (exact) mass is 602 g/mol. The molecule has 2 nitrogen and oxygen atoms in total. The van der Waals surface area contributed by atoms with Gasteiger partial charge in [0.15, 0.2) is 0 Å². The van der Waals surface area contributed by atoms with Crippen LogP contribution in [-0.2, 0) is 0 Å². The van der Waals surface area contributed by atoms with Gasteiger partial charge in [0.25, 0.3) is 0 Å². The summed E-state index contributed by atoms with van der Waals surface area (Å²) in [5, 5.41) is 4.92. The van der Waals surface area contributed by atoms with Crippen molar-refractivity contribution in [3.63, 3.8) is 0 Å². The number of hydrogen-bond donors (Lipinski definition) is 0. The van der Waals surface area contributed by atoms with Gasteiger partial charge in [-0.1, -0.05) is 140 Å². The average Bonchev–Trinajstić information content (AvgIpc) is 3.40. The van der Waals surface area contributed by atoms with Gasteiger partial charge >= 0.3 is 0 Å². The first-order chi connectivity index (χ1) is 23.3. The quantitative estimate of drug-likeness (QED) is 0.179. The summed E-state index contributed by atoms with van der Waals surface area (Å²) in [6, 6.07) is 60.6. The Morgan fingerprint density at radius 2 is 0.851 bits per heavy atom. The molecule has 0 N–H and O–H groups in total. The highest BCUT2D eigenvalue weighted by molar-refractivity contribution is 5.99. The van der Waals surface area contributed by atoms with Crippen LogP contribution in [0.15, 0.2) is 200 Å². The zero-order chi connectivity index (χ0) is 31.4. The Hall–Kier alpha value is -6.12. The number of benzene rings is 7. The van der Waals surface area contributed by atoms with Gasteiger partial charge in [-0.05, 0) is 82.9 Å². The standard InChI is InChI=1S/C45H34N2/c1-3-19-38(20-4-1)46(44-26-12-17-36-14-7-9-24-42(36)44)40-23-11-16-34(28-31-40)35-29-32-41(33-30-35)47(39-21-5-2-6-22-39)45-27-13-18-37-15-8-10-25-43(37)45/h1-10,12-33H,11H2. The zero-order valence-electron chi connectivity index (χ0n) is 26.1. The van der Waals surface area contributed by atoms with E-state index in [0.29, 0.717) is 0 Å². The summed E-state index contributed by atoms with van der Waals surface area (Å²) in [6.45, 7) is 0. The van der Waals surface area contributed by atoms with Gasteiger partial charge in [0.2, 0.25) is 0 Å². The van der Waals surface area contributed by atoms with Crippen LogP contribution in [0.3, 0.4) is 0 Å². The molecule has 0 saturated carbocycles. The molecule has 0 aromatic heterocycles. The van der Waals surface area contributed by atoms with Gasteiger partial charge in [-0.25, -0.2) is 0 Å². The van der Waals surface area contributed by atoms with Gasteiger partial charge in [0, 0.05) is 33.5 Å². The van der Waals surface area contributed by atoms with Crippen molar-refractivity contribution in [2.45, 2.75) is 6.42 Å². The van der Waals surface area contributed by atoms with E-state index in [4.69, 9.17) is 0 Å². The van der Waals surface area contributed by atoms with Gasteiger partial charge in [0.1, 0.15) is 0 Å². The second-order valence-electron chi connectivity index (χ2n) is 11.7. The molecule has 0 aliphatic heterocycles. The minimum Gasteiger partial charge on any atom is -0.310 e. The smallest absolute Gasteiger partial charge is 0.0540 e. The molecule has 1 aliphatic rings. The summed E-state index contributed by atoms with van der Waals surface area (Å²) in [5.41, 5.74) is 9.30. The van der Waals surface area contributed by atoms with Gasteiger partial charge < -0.3 is 9.80 Å². The van der Waals surface area contributed by atoms with Gasteiger partial charge in [0.05, 0.1) is 11.4 Å². The normalized spacial score (nSPS) is 12.8. The summed E-state index contributed by atoms with van der Waals surface area (Å²) in [4.78, 5) is 4.73. The molecule has 0 unspecified atom stereocenters. The van der Waals surface area contributed by atoms with Gasteiger partial charge in [-0.2, -0.15) is 0 Å². The van der Waals surface area contributed by atoms with Crippen LogP contribution in [0, 0.1) is 0 Å². The fourth-order valence-electron chi connectivity index (χ4n) is 6.62. The number of nitrogens with zero attached hydrogens (tertiary/aromatic N) is 2. The van der Waals surface area contributed by atoms with Crippen LogP contribution < -0.4 is 9.80 Å². The molecule has 47 heavy (non-hydrogen) atoms. The predicted molar refractivity (Wildman–Crippen MR) is 201 cm³/mol. The molecule has 0 bridgehead atoms. The van der Waals surface area contributed by atoms with E-state index in [1.807, 2.05) is 0 Å². The third kappa shape index (κ3) is 5.62. The van der Waals surface area contributed by atoms with Crippen molar-refractivity contribution in [2.75, 3.05) is 9.80 Å². The molecule has 8 rings (SSSR count). The zero-order valence-corrected chi connectivity index (χ0v) is 26.1. The first kappa shape index (κ1) is 28.4. The highest BCUT2D eigenvalue weighted by Crippen LogP contribution is 2.40. The van der Waals surface area contributed by atoms with Crippen LogP contribution in [0.2, 0.25) is 0 Å². The van der Waals surface area contributed by atoms with E-state index in [2.05, 4.69) is 204 Å². The number of fused-ring (bicyclic) bond motifs is 2. The molecular formula is C45H34N2. The third-order valence-corrected chi connectivity index (χ3v) is 8.86. The van der Waals surface area contributed by atoms with Crippen LogP contribution in [-0.4, -0.2) is 0 Å². The molecule has 0 spiro atoms. The van der Waals surface area contributed by atoms with E-state index >= 15 is 0 Å². The minimum atomic E-state index is 0.833. The topological polar surface area (TPSA) is 6.48 Å². The molecule has 0 radical (unpaired) electrons. The van der Waals surface area contributed by atoms with Gasteiger partial charge in [-0.3, -0.25) is 0 Å². The maximum Gasteiger partial charge on any atom is 0.0540 e. The lowest BCUT2D eigenvalue weighted by atomic mass is 10.0. The van der Waals surface area contributed by atoms with E-state index in [0.717, 1.165) is 29.2 Å². The molecule has 224 valence electrons. The summed E-state index contributed by atoms with van der Waals surface area (Å²) >= 11 is 0. The highest BCUT2D eigenvalue weighted by atomic mass is 15.2. The van der Waals surface area contributed by atoms with Crippen LogP contribution >= 0.6 is 0 Å². The second kappa shape index (κ2) is 12.7. The molecule has 0 saturated heterocycles. The SMILES string of the molecule is C1=CC(N(c2ccccc2)c2cccc3ccccc23)=CCC=C1c1ccc(N(c2ccccc2)c2cccc3ccccc23)cc1. The van der Waals surface area contributed by atoms with Crippen molar-refractivity contribution in [3.05, 3.63) is 205 Å². The summed E-state index contributed by atoms with van der Waals surface area (Å²) in [7, 11) is 0. The molecule has 7 aromatic rings. The van der Waals surface area contributed by atoms with Crippen molar-refractivity contribution in [2.24, 2.45) is 0 Å². The fourth-order valence-corrected chi connectivity index (χ4v) is 6.62. The first-order valence-corrected chi connectivity index (χ1v) is 16.2. The van der Waals surface area contributed by atoms with E-state index in [9.17, 15) is 0 Å². The lowest BCUT2D eigenvalue weighted by Crippen LogP contribution is -2.15. The molecule has 0 atom stereocenters. The fraction of sp³-hybridized carbons (Fsp3) is 0.0222. The summed E-state index contributed by atoms with van der Waals surface area (Å²) in [6.07, 6.45) is 10.00. The predicted octanol–water partition coefficient (Wildman–Crippen LogP) is 12.5. The number of rotatable bonds is 7. The molecule has 7 aromatic carbocycles. The Morgan fingerprint density at radius 1 is 0.362 bits per heavy atom. The van der Waals surface area contributed by atoms with E-state index in [1.54, 1.807) is 0 Å². The largest absolute Gasteiger partial charge is 0.310 e. The summed E-state index contributed by atoms with van der Waals surface area (Å²) in [5.74, 6) is 0. The van der Waals surface area contributed by atoms with E-state index in [1.165, 1.54) is 44.1 Å². The Kier molecular flexibility index (Phi) is 7.67.